The zero-order chi connectivity index (χ0) is 29.3. The molecule has 0 bridgehead atoms. The number of piperidine rings is 2. The van der Waals surface area contributed by atoms with Gasteiger partial charge in [0.05, 0.1) is 19.5 Å². The quantitative estimate of drug-likeness (QED) is 0.326. The molecule has 3 atom stereocenters. The van der Waals surface area contributed by atoms with Crippen LogP contribution in [0.1, 0.15) is 45.6 Å². The molecule has 1 amide bonds. The second kappa shape index (κ2) is 12.0. The van der Waals surface area contributed by atoms with Gasteiger partial charge in [0.2, 0.25) is 11.8 Å². The van der Waals surface area contributed by atoms with Gasteiger partial charge in [0.1, 0.15) is 10.8 Å². The largest absolute Gasteiger partial charge is 0.469 e. The Morgan fingerprint density at radius 2 is 1.76 bits per heavy atom. The fraction of sp³-hybridized carbons (Fsp3) is 0.621. The Labute approximate surface area is 246 Å². The first kappa shape index (κ1) is 29.3. The highest BCUT2D eigenvalue weighted by Crippen LogP contribution is 2.49. The monoisotopic (exact) mass is 586 g/mol. The predicted octanol–water partition coefficient (Wildman–Crippen LogP) is 4.39. The molecule has 1 unspecified atom stereocenters. The number of anilines is 1. The van der Waals surface area contributed by atoms with E-state index in [0.29, 0.717) is 46.9 Å². The van der Waals surface area contributed by atoms with E-state index in [-0.39, 0.29) is 18.1 Å². The first-order valence-electron chi connectivity index (χ1n) is 14.2. The van der Waals surface area contributed by atoms with Crippen LogP contribution in [-0.4, -0.2) is 88.8 Å². The molecule has 4 heterocycles. The van der Waals surface area contributed by atoms with Gasteiger partial charge in [0.25, 0.3) is 0 Å². The maximum atomic E-state index is 12.4. The lowest BCUT2D eigenvalue weighted by molar-refractivity contribution is -0.142. The van der Waals surface area contributed by atoms with Crippen molar-refractivity contribution >= 4 is 29.6 Å². The third kappa shape index (κ3) is 7.37. The van der Waals surface area contributed by atoms with Crippen LogP contribution in [0, 0.1) is 17.8 Å². The van der Waals surface area contributed by atoms with Crippen molar-refractivity contribution in [2.24, 2.45) is 17.8 Å². The summed E-state index contributed by atoms with van der Waals surface area (Å²) < 4.78 is 16.3. The molecule has 1 saturated carbocycles. The van der Waals surface area contributed by atoms with Crippen molar-refractivity contribution in [1.29, 1.82) is 0 Å². The summed E-state index contributed by atoms with van der Waals surface area (Å²) in [5.41, 5.74) is 0.498. The van der Waals surface area contributed by atoms with E-state index in [4.69, 9.17) is 25.8 Å². The van der Waals surface area contributed by atoms with Crippen molar-refractivity contribution in [3.8, 4) is 11.6 Å². The minimum absolute atomic E-state index is 0.142. The van der Waals surface area contributed by atoms with Gasteiger partial charge in [-0.2, -0.15) is 0 Å². The zero-order valence-electron chi connectivity index (χ0n) is 24.4. The summed E-state index contributed by atoms with van der Waals surface area (Å²) in [6.07, 6.45) is 5.41. The summed E-state index contributed by atoms with van der Waals surface area (Å²) in [4.78, 5) is 43.6. The molecule has 2 aliphatic heterocycles. The zero-order valence-corrected chi connectivity index (χ0v) is 25.1. The van der Waals surface area contributed by atoms with E-state index in [9.17, 15) is 9.59 Å². The molecule has 5 rings (SSSR count). The van der Waals surface area contributed by atoms with Gasteiger partial charge in [0.15, 0.2) is 5.75 Å². The van der Waals surface area contributed by atoms with Crippen molar-refractivity contribution in [2.45, 2.75) is 58.2 Å². The van der Waals surface area contributed by atoms with E-state index >= 15 is 0 Å². The van der Waals surface area contributed by atoms with Crippen LogP contribution in [0.5, 0.6) is 11.6 Å². The lowest BCUT2D eigenvalue weighted by Gasteiger charge is -2.31. The first-order valence-corrected chi connectivity index (χ1v) is 14.5. The molecule has 11 nitrogen and oxygen atoms in total. The third-order valence-corrected chi connectivity index (χ3v) is 8.22. The van der Waals surface area contributed by atoms with Gasteiger partial charge in [-0.05, 0) is 64.3 Å². The Morgan fingerprint density at radius 1 is 1.10 bits per heavy atom. The molecule has 222 valence electrons. The van der Waals surface area contributed by atoms with Crippen molar-refractivity contribution in [1.82, 2.24) is 24.8 Å². The number of ether oxygens (including phenoxy) is 3. The number of carbonyl (C=O) groups excluding carboxylic acids is 2. The fourth-order valence-electron chi connectivity index (χ4n) is 5.93. The highest BCUT2D eigenvalue weighted by Gasteiger charge is 2.59. The Kier molecular flexibility index (Phi) is 8.56. The van der Waals surface area contributed by atoms with Gasteiger partial charge in [0, 0.05) is 57.0 Å². The number of esters is 1. The molecule has 0 aromatic carbocycles. The maximum Gasteiger partial charge on any atom is 0.410 e. The molecular weight excluding hydrogens is 548 g/mol. The molecule has 0 N–H and O–H groups in total. The average Bonchev–Trinajstić information content (AvgIpc) is 3.40. The molecular formula is C29H39ClN6O5. The number of halogens is 1. The van der Waals surface area contributed by atoms with E-state index in [1.165, 1.54) is 7.11 Å². The van der Waals surface area contributed by atoms with Crippen LogP contribution in [-0.2, 0) is 20.8 Å². The SMILES string of the molecule is COC(=O)CC1CCN(Cc2cc(Cl)nc(Oc3cnc(N4C[C@@H]5C(N(C)C(=O)OC(C)(C)C)[C@@H]5C4)nc3)c2)CC1. The highest BCUT2D eigenvalue weighted by molar-refractivity contribution is 6.29. The number of rotatable bonds is 8. The van der Waals surface area contributed by atoms with Crippen LogP contribution in [0.3, 0.4) is 0 Å². The third-order valence-electron chi connectivity index (χ3n) is 8.02. The summed E-state index contributed by atoms with van der Waals surface area (Å²) in [6.45, 7) is 9.75. The van der Waals surface area contributed by atoms with Crippen molar-refractivity contribution in [3.05, 3.63) is 35.2 Å². The second-order valence-electron chi connectivity index (χ2n) is 12.3. The molecule has 2 aromatic heterocycles. The van der Waals surface area contributed by atoms with Gasteiger partial charge in [-0.1, -0.05) is 11.6 Å². The van der Waals surface area contributed by atoms with Crippen LogP contribution in [0.15, 0.2) is 24.5 Å². The Morgan fingerprint density at radius 3 is 2.37 bits per heavy atom. The van der Waals surface area contributed by atoms with Gasteiger partial charge < -0.3 is 24.0 Å². The number of nitrogens with zero attached hydrogens (tertiary/aromatic N) is 6. The van der Waals surface area contributed by atoms with Crippen LogP contribution in [0.25, 0.3) is 0 Å². The summed E-state index contributed by atoms with van der Waals surface area (Å²) >= 11 is 6.31. The number of amides is 1. The number of hydrogen-bond acceptors (Lipinski definition) is 10. The van der Waals surface area contributed by atoms with E-state index in [2.05, 4.69) is 24.8 Å². The minimum atomic E-state index is -0.508. The number of hydrogen-bond donors (Lipinski definition) is 0. The number of pyridine rings is 1. The standard InChI is InChI=1S/C29H39ClN6O5/c1-29(2,3)41-28(38)34(4)26-21-16-36(17-22(21)26)27-31-13-20(14-32-27)40-24-11-19(10-23(30)33-24)15-35-8-6-18(7-9-35)12-25(37)39-5/h10-11,13-14,18,21-22,26H,6-9,12,15-17H2,1-5H3/t21-,22+,26?. The van der Waals surface area contributed by atoms with Crippen molar-refractivity contribution < 1.29 is 23.8 Å². The summed E-state index contributed by atoms with van der Waals surface area (Å²) in [6, 6.07) is 3.93. The van der Waals surface area contributed by atoms with E-state index in [0.717, 1.165) is 51.1 Å². The maximum absolute atomic E-state index is 12.4. The fourth-order valence-corrected chi connectivity index (χ4v) is 6.15. The number of likely N-dealkylation sites (tertiary alicyclic amines) is 1. The topological polar surface area (TPSA) is 110 Å². The van der Waals surface area contributed by atoms with Crippen LogP contribution in [0.4, 0.5) is 10.7 Å². The number of carbonyl (C=O) groups is 2. The summed E-state index contributed by atoms with van der Waals surface area (Å²) in [5.74, 6) is 2.51. The molecule has 3 aliphatic rings. The highest BCUT2D eigenvalue weighted by atomic mass is 35.5. The lowest BCUT2D eigenvalue weighted by atomic mass is 9.93. The van der Waals surface area contributed by atoms with E-state index in [1.807, 2.05) is 40.0 Å². The number of aromatic nitrogens is 3. The first-order chi connectivity index (χ1) is 19.5. The number of fused-ring (bicyclic) bond motifs is 1. The second-order valence-corrected chi connectivity index (χ2v) is 12.7. The van der Waals surface area contributed by atoms with E-state index in [1.54, 1.807) is 17.3 Å². The lowest BCUT2D eigenvalue weighted by Crippen LogP contribution is -2.39. The molecule has 1 aliphatic carbocycles. The van der Waals surface area contributed by atoms with Crippen molar-refractivity contribution in [3.63, 3.8) is 0 Å². The smallest absolute Gasteiger partial charge is 0.410 e. The molecule has 0 spiro atoms. The molecule has 0 radical (unpaired) electrons. The molecule has 12 heteroatoms. The van der Waals surface area contributed by atoms with Gasteiger partial charge in [-0.15, -0.1) is 0 Å². The summed E-state index contributed by atoms with van der Waals surface area (Å²) in [7, 11) is 3.25. The normalized spacial score (nSPS) is 22.7. The van der Waals surface area contributed by atoms with Crippen LogP contribution < -0.4 is 9.64 Å². The van der Waals surface area contributed by atoms with Crippen LogP contribution in [0.2, 0.25) is 5.15 Å². The average molecular weight is 587 g/mol. The molecule has 2 saturated heterocycles. The number of methoxy groups -OCH3 is 1. The molecule has 3 fully saturated rings. The van der Waals surface area contributed by atoms with Crippen molar-refractivity contribution in [2.75, 3.05) is 45.2 Å². The minimum Gasteiger partial charge on any atom is -0.469 e. The van der Waals surface area contributed by atoms with Gasteiger partial charge >= 0.3 is 12.1 Å². The molecule has 41 heavy (non-hydrogen) atoms. The van der Waals surface area contributed by atoms with E-state index < -0.39 is 5.60 Å². The predicted molar refractivity (Wildman–Crippen MR) is 153 cm³/mol. The summed E-state index contributed by atoms with van der Waals surface area (Å²) in [5, 5.41) is 0.359. The Balaban J connectivity index is 1.11. The Bertz CT molecular complexity index is 1240. The molecule has 2 aromatic rings. The van der Waals surface area contributed by atoms with Gasteiger partial charge in [-0.25, -0.2) is 19.7 Å². The van der Waals surface area contributed by atoms with Crippen LogP contribution >= 0.6 is 11.6 Å². The Hall–Kier alpha value is -3.18. The van der Waals surface area contributed by atoms with Gasteiger partial charge in [-0.3, -0.25) is 9.69 Å².